The molecule has 7 heteroatoms. The zero-order chi connectivity index (χ0) is 12.3. The van der Waals surface area contributed by atoms with Crippen molar-refractivity contribution in [1.82, 2.24) is 15.0 Å². The van der Waals surface area contributed by atoms with Gasteiger partial charge < -0.3 is 5.73 Å². The first-order valence-corrected chi connectivity index (χ1v) is 6.83. The normalized spacial score (nSPS) is 10.5. The summed E-state index contributed by atoms with van der Waals surface area (Å²) in [5.74, 6) is 1.02. The average molecular weight is 332 g/mol. The number of nitrogen functional groups attached to an aromatic ring is 1. The predicted octanol–water partition coefficient (Wildman–Crippen LogP) is 3.16. The molecule has 2 N–H and O–H groups in total. The number of nitrogens with two attached hydrogens (primary N) is 1. The maximum atomic E-state index is 5.89. The van der Waals surface area contributed by atoms with Gasteiger partial charge in [0.2, 0.25) is 0 Å². The number of rotatable bonds is 3. The second kappa shape index (κ2) is 5.66. The molecule has 0 aliphatic heterocycles. The molecular formula is C10H8BrClN4S. The van der Waals surface area contributed by atoms with Crippen molar-refractivity contribution in [1.29, 1.82) is 0 Å². The van der Waals surface area contributed by atoms with Crippen molar-refractivity contribution in [3.8, 4) is 0 Å². The Kier molecular flexibility index (Phi) is 4.20. The lowest BCUT2D eigenvalue weighted by Crippen LogP contribution is -1.97. The summed E-state index contributed by atoms with van der Waals surface area (Å²) in [4.78, 5) is 12.4. The molecule has 17 heavy (non-hydrogen) atoms. The third-order valence-electron chi connectivity index (χ3n) is 1.89. The number of nitrogens with zero attached hydrogens (tertiary/aromatic N) is 3. The fourth-order valence-electron chi connectivity index (χ4n) is 1.10. The van der Waals surface area contributed by atoms with E-state index in [1.165, 1.54) is 11.8 Å². The van der Waals surface area contributed by atoms with Gasteiger partial charge in [-0.2, -0.15) is 0 Å². The molecule has 0 saturated carbocycles. The molecule has 88 valence electrons. The summed E-state index contributed by atoms with van der Waals surface area (Å²) in [6, 6.07) is 5.75. The van der Waals surface area contributed by atoms with Crippen LogP contribution in [0.15, 0.2) is 34.0 Å². The lowest BCUT2D eigenvalue weighted by Gasteiger charge is -2.03. The van der Waals surface area contributed by atoms with E-state index in [1.54, 1.807) is 6.20 Å². The minimum Gasteiger partial charge on any atom is -0.383 e. The summed E-state index contributed by atoms with van der Waals surface area (Å²) in [6.07, 6.45) is 1.75. The summed E-state index contributed by atoms with van der Waals surface area (Å²) in [6.45, 7) is 0. The Hall–Kier alpha value is -0.850. The van der Waals surface area contributed by atoms with Crippen LogP contribution in [0.2, 0.25) is 5.15 Å². The maximum absolute atomic E-state index is 5.89. The lowest BCUT2D eigenvalue weighted by molar-refractivity contribution is 0.966. The van der Waals surface area contributed by atoms with Crippen LogP contribution in [0.1, 0.15) is 5.69 Å². The smallest absolute Gasteiger partial charge is 0.191 e. The van der Waals surface area contributed by atoms with Gasteiger partial charge in [-0.3, -0.25) is 4.98 Å². The first-order chi connectivity index (χ1) is 8.16. The van der Waals surface area contributed by atoms with Gasteiger partial charge in [0.25, 0.3) is 0 Å². The second-order valence-corrected chi connectivity index (χ2v) is 5.20. The molecular weight excluding hydrogens is 324 g/mol. The number of aromatic nitrogens is 3. The van der Waals surface area contributed by atoms with Crippen LogP contribution in [0.3, 0.4) is 0 Å². The summed E-state index contributed by atoms with van der Waals surface area (Å²) in [7, 11) is 0. The van der Waals surface area contributed by atoms with Crippen LogP contribution >= 0.6 is 39.3 Å². The van der Waals surface area contributed by atoms with Crippen molar-refractivity contribution in [2.75, 3.05) is 5.73 Å². The minimum atomic E-state index is 0.320. The van der Waals surface area contributed by atoms with Crippen molar-refractivity contribution in [2.24, 2.45) is 0 Å². The first kappa shape index (κ1) is 12.6. The van der Waals surface area contributed by atoms with Crippen LogP contribution in [0, 0.1) is 0 Å². The van der Waals surface area contributed by atoms with E-state index in [1.807, 2.05) is 18.2 Å². The van der Waals surface area contributed by atoms with E-state index in [0.29, 0.717) is 26.4 Å². The van der Waals surface area contributed by atoms with Gasteiger partial charge in [0.1, 0.15) is 11.0 Å². The van der Waals surface area contributed by atoms with Crippen molar-refractivity contribution < 1.29 is 0 Å². The van der Waals surface area contributed by atoms with Gasteiger partial charge in [-0.1, -0.05) is 29.4 Å². The fourth-order valence-corrected chi connectivity index (χ4v) is 2.27. The molecule has 0 spiro atoms. The average Bonchev–Trinajstić information content (AvgIpc) is 2.34. The maximum Gasteiger partial charge on any atom is 0.191 e. The molecule has 0 aromatic carbocycles. The number of hydrogen-bond acceptors (Lipinski definition) is 5. The highest BCUT2D eigenvalue weighted by atomic mass is 79.9. The van der Waals surface area contributed by atoms with Gasteiger partial charge in [-0.05, 0) is 28.1 Å². The molecule has 0 aliphatic rings. The number of halogens is 2. The van der Waals surface area contributed by atoms with Crippen LogP contribution in [-0.4, -0.2) is 15.0 Å². The topological polar surface area (TPSA) is 64.7 Å². The number of thioether (sulfide) groups is 1. The first-order valence-electron chi connectivity index (χ1n) is 4.68. The standard InChI is InChI=1S/C10H8BrClN4S/c11-7-8(12)15-10(16-9(7)13)17-5-6-3-1-2-4-14-6/h1-4H,5H2,(H2,13,15,16). The minimum absolute atomic E-state index is 0.320. The summed E-state index contributed by atoms with van der Waals surface area (Å²) >= 11 is 10.5. The monoisotopic (exact) mass is 330 g/mol. The van der Waals surface area contributed by atoms with Crippen molar-refractivity contribution in [3.63, 3.8) is 0 Å². The van der Waals surface area contributed by atoms with Crippen molar-refractivity contribution in [3.05, 3.63) is 39.7 Å². The SMILES string of the molecule is Nc1nc(SCc2ccccn2)nc(Cl)c1Br. The largest absolute Gasteiger partial charge is 0.383 e. The third-order valence-corrected chi connectivity index (χ3v) is 4.06. The molecule has 0 amide bonds. The Morgan fingerprint density at radius 1 is 1.35 bits per heavy atom. The third kappa shape index (κ3) is 3.31. The Balaban J connectivity index is 2.10. The molecule has 2 aromatic rings. The van der Waals surface area contributed by atoms with Gasteiger partial charge in [0, 0.05) is 11.9 Å². The molecule has 2 rings (SSSR count). The summed E-state index contributed by atoms with van der Waals surface area (Å²) < 4.78 is 0.529. The Morgan fingerprint density at radius 3 is 2.82 bits per heavy atom. The van der Waals surface area contributed by atoms with Gasteiger partial charge in [0.05, 0.1) is 10.2 Å². The Labute approximate surface area is 116 Å². The molecule has 0 aliphatic carbocycles. The van der Waals surface area contributed by atoms with E-state index in [4.69, 9.17) is 17.3 Å². The molecule has 0 atom stereocenters. The zero-order valence-electron chi connectivity index (χ0n) is 8.60. The fraction of sp³-hybridized carbons (Fsp3) is 0.100. The highest BCUT2D eigenvalue weighted by molar-refractivity contribution is 9.10. The van der Waals surface area contributed by atoms with Crippen LogP contribution in [0.25, 0.3) is 0 Å². The van der Waals surface area contributed by atoms with E-state index in [2.05, 4.69) is 30.9 Å². The molecule has 0 bridgehead atoms. The highest BCUT2D eigenvalue weighted by Gasteiger charge is 2.08. The number of hydrogen-bond donors (Lipinski definition) is 1. The highest BCUT2D eigenvalue weighted by Crippen LogP contribution is 2.28. The molecule has 0 fully saturated rings. The summed E-state index contributed by atoms with van der Waals surface area (Å²) in [5.41, 5.74) is 6.64. The predicted molar refractivity (Wildman–Crippen MR) is 73.0 cm³/mol. The summed E-state index contributed by atoms with van der Waals surface area (Å²) in [5, 5.41) is 0.863. The van der Waals surface area contributed by atoms with E-state index in [-0.39, 0.29) is 0 Å². The van der Waals surface area contributed by atoms with Crippen molar-refractivity contribution >= 4 is 45.1 Å². The van der Waals surface area contributed by atoms with E-state index >= 15 is 0 Å². The van der Waals surface area contributed by atoms with E-state index in [9.17, 15) is 0 Å². The number of anilines is 1. The quantitative estimate of drug-likeness (QED) is 0.532. The van der Waals surface area contributed by atoms with Crippen molar-refractivity contribution in [2.45, 2.75) is 10.9 Å². The molecule has 2 aromatic heterocycles. The van der Waals surface area contributed by atoms with Gasteiger partial charge in [0.15, 0.2) is 5.16 Å². The van der Waals surface area contributed by atoms with E-state index in [0.717, 1.165) is 5.69 Å². The Bertz CT molecular complexity index is 500. The van der Waals surface area contributed by atoms with E-state index < -0.39 is 0 Å². The van der Waals surface area contributed by atoms with Gasteiger partial charge >= 0.3 is 0 Å². The molecule has 0 saturated heterocycles. The van der Waals surface area contributed by atoms with Crippen LogP contribution < -0.4 is 5.73 Å². The van der Waals surface area contributed by atoms with Gasteiger partial charge in [-0.25, -0.2) is 9.97 Å². The number of pyridine rings is 1. The molecule has 4 nitrogen and oxygen atoms in total. The van der Waals surface area contributed by atoms with Crippen LogP contribution in [-0.2, 0) is 5.75 Å². The molecule has 2 heterocycles. The Morgan fingerprint density at radius 2 is 2.18 bits per heavy atom. The second-order valence-electron chi connectivity index (χ2n) is 3.11. The van der Waals surface area contributed by atoms with Crippen LogP contribution in [0.5, 0.6) is 0 Å². The zero-order valence-corrected chi connectivity index (χ0v) is 11.8. The van der Waals surface area contributed by atoms with Gasteiger partial charge in [-0.15, -0.1) is 0 Å². The van der Waals surface area contributed by atoms with Crippen LogP contribution in [0.4, 0.5) is 5.82 Å². The molecule has 0 radical (unpaired) electrons. The lowest BCUT2D eigenvalue weighted by atomic mass is 10.4. The molecule has 0 unspecified atom stereocenters.